The van der Waals surface area contributed by atoms with Gasteiger partial charge in [0.05, 0.1) is 66.1 Å². The molecular formula is C18H39NO7. The summed E-state index contributed by atoms with van der Waals surface area (Å²) < 4.78 is 31.2. The molecule has 0 rings (SSSR count). The van der Waals surface area contributed by atoms with E-state index in [0.29, 0.717) is 79.2 Å². The highest BCUT2D eigenvalue weighted by Gasteiger charge is 2.08. The average molecular weight is 382 g/mol. The Bertz CT molecular complexity index is 260. The van der Waals surface area contributed by atoms with E-state index < -0.39 is 0 Å². The minimum Gasteiger partial charge on any atom is -0.382 e. The maximum atomic E-state index is 11.6. The van der Waals surface area contributed by atoms with Crippen LogP contribution in [0.25, 0.3) is 0 Å². The second-order valence-corrected chi connectivity index (χ2v) is 4.94. The second kappa shape index (κ2) is 24.2. The van der Waals surface area contributed by atoms with Gasteiger partial charge in [0, 0.05) is 34.2 Å². The normalized spacial score (nSPS) is 10.3. The fourth-order valence-electron chi connectivity index (χ4n) is 1.70. The van der Waals surface area contributed by atoms with Crippen molar-refractivity contribution < 1.29 is 33.2 Å². The van der Waals surface area contributed by atoms with E-state index in [4.69, 9.17) is 28.4 Å². The van der Waals surface area contributed by atoms with Crippen LogP contribution in [0.2, 0.25) is 0 Å². The monoisotopic (exact) mass is 381 g/mol. The third kappa shape index (κ3) is 21.3. The Morgan fingerprint density at radius 2 is 0.923 bits per heavy atom. The van der Waals surface area contributed by atoms with Gasteiger partial charge in [-0.25, -0.2) is 0 Å². The van der Waals surface area contributed by atoms with Gasteiger partial charge in [-0.05, 0) is 0 Å². The van der Waals surface area contributed by atoms with Crippen molar-refractivity contribution >= 4 is 5.91 Å². The van der Waals surface area contributed by atoms with Gasteiger partial charge in [-0.1, -0.05) is 13.8 Å². The summed E-state index contributed by atoms with van der Waals surface area (Å²) in [5.74, 6) is 0.00916. The lowest BCUT2D eigenvalue weighted by Gasteiger charge is -2.21. The average Bonchev–Trinajstić information content (AvgIpc) is 2.65. The van der Waals surface area contributed by atoms with Gasteiger partial charge in [-0.15, -0.1) is 0 Å². The molecule has 0 bridgehead atoms. The van der Waals surface area contributed by atoms with Gasteiger partial charge >= 0.3 is 0 Å². The molecule has 0 unspecified atom stereocenters. The lowest BCUT2D eigenvalue weighted by molar-refractivity contribution is -0.130. The number of ether oxygens (including phenoxy) is 6. The molecule has 0 heterocycles. The lowest BCUT2D eigenvalue weighted by Crippen LogP contribution is -2.35. The zero-order valence-corrected chi connectivity index (χ0v) is 17.3. The Balaban J connectivity index is 0. The molecule has 0 radical (unpaired) electrons. The van der Waals surface area contributed by atoms with E-state index >= 15 is 0 Å². The molecule has 8 nitrogen and oxygen atoms in total. The number of amides is 1. The summed E-state index contributed by atoms with van der Waals surface area (Å²) in [6.45, 7) is 11.9. The zero-order valence-electron chi connectivity index (χ0n) is 17.3. The summed E-state index contributed by atoms with van der Waals surface area (Å²) >= 11 is 0. The van der Waals surface area contributed by atoms with E-state index in [9.17, 15) is 4.79 Å². The molecule has 0 N–H and O–H groups in total. The van der Waals surface area contributed by atoms with Crippen LogP contribution < -0.4 is 0 Å². The highest BCUT2D eigenvalue weighted by Crippen LogP contribution is 1.92. The summed E-state index contributed by atoms with van der Waals surface area (Å²) in [6, 6.07) is 0. The Morgan fingerprint density at radius 1 is 0.615 bits per heavy atom. The number of carbonyl (C=O) groups is 1. The first-order chi connectivity index (χ1) is 12.7. The first-order valence-electron chi connectivity index (χ1n) is 9.26. The predicted octanol–water partition coefficient (Wildman–Crippen LogP) is 1.22. The second-order valence-electron chi connectivity index (χ2n) is 4.94. The molecule has 0 aromatic heterocycles. The van der Waals surface area contributed by atoms with Gasteiger partial charge in [0.25, 0.3) is 0 Å². The smallest absolute Gasteiger partial charge is 0.219 e. The number of hydrogen-bond donors (Lipinski definition) is 0. The van der Waals surface area contributed by atoms with Crippen LogP contribution in [-0.4, -0.2) is 104 Å². The van der Waals surface area contributed by atoms with Crippen molar-refractivity contribution in [2.45, 2.75) is 20.8 Å². The topological polar surface area (TPSA) is 75.7 Å². The maximum absolute atomic E-state index is 11.6. The van der Waals surface area contributed by atoms with Crippen LogP contribution in [0.3, 0.4) is 0 Å². The van der Waals surface area contributed by atoms with Crippen LogP contribution in [0.15, 0.2) is 0 Å². The van der Waals surface area contributed by atoms with Gasteiger partial charge in [0.15, 0.2) is 0 Å². The van der Waals surface area contributed by atoms with Crippen molar-refractivity contribution in [2.24, 2.45) is 0 Å². The Labute approximate surface area is 159 Å². The maximum Gasteiger partial charge on any atom is 0.219 e. The molecule has 0 aliphatic rings. The van der Waals surface area contributed by atoms with Gasteiger partial charge in [0.2, 0.25) is 5.91 Å². The number of carbonyl (C=O) groups excluding carboxylic acids is 1. The van der Waals surface area contributed by atoms with E-state index in [-0.39, 0.29) is 5.91 Å². The number of hydrogen-bond acceptors (Lipinski definition) is 7. The summed E-state index contributed by atoms with van der Waals surface area (Å²) in [7, 11) is 3.27. The molecule has 0 spiro atoms. The standard InChI is InChI=1S/C16H33NO7.C2H6/c1-16(18)17(4-6-21-12-14-23-10-8-19-2)5-7-22-13-15-24-11-9-20-3;1-2/h4-15H2,1-3H3;1-2H3. The van der Waals surface area contributed by atoms with Crippen molar-refractivity contribution in [2.75, 3.05) is 93.4 Å². The van der Waals surface area contributed by atoms with E-state index in [1.807, 2.05) is 13.8 Å². The first kappa shape index (κ1) is 27.4. The van der Waals surface area contributed by atoms with Gasteiger partial charge in [0.1, 0.15) is 0 Å². The van der Waals surface area contributed by atoms with Crippen LogP contribution in [0.4, 0.5) is 0 Å². The molecule has 8 heteroatoms. The third-order valence-corrected chi connectivity index (χ3v) is 3.06. The lowest BCUT2D eigenvalue weighted by atomic mass is 10.4. The molecule has 0 saturated carbocycles. The Hall–Kier alpha value is -0.770. The summed E-state index contributed by atoms with van der Waals surface area (Å²) in [6.07, 6.45) is 0. The van der Waals surface area contributed by atoms with Crippen LogP contribution in [0, 0.1) is 0 Å². The van der Waals surface area contributed by atoms with Gasteiger partial charge in [-0.2, -0.15) is 0 Å². The molecule has 0 saturated heterocycles. The molecule has 158 valence electrons. The number of methoxy groups -OCH3 is 2. The number of nitrogens with zero attached hydrogens (tertiary/aromatic N) is 1. The van der Waals surface area contributed by atoms with E-state index in [2.05, 4.69) is 0 Å². The van der Waals surface area contributed by atoms with Crippen LogP contribution in [0.1, 0.15) is 20.8 Å². The fraction of sp³-hybridized carbons (Fsp3) is 0.944. The summed E-state index contributed by atoms with van der Waals surface area (Å²) in [5, 5.41) is 0. The van der Waals surface area contributed by atoms with Crippen molar-refractivity contribution in [3.63, 3.8) is 0 Å². The Morgan fingerprint density at radius 3 is 1.23 bits per heavy atom. The molecule has 0 aromatic rings. The van der Waals surface area contributed by atoms with Crippen LogP contribution in [-0.2, 0) is 33.2 Å². The zero-order chi connectivity index (χ0) is 19.9. The highest BCUT2D eigenvalue weighted by atomic mass is 16.5. The first-order valence-corrected chi connectivity index (χ1v) is 9.26. The largest absolute Gasteiger partial charge is 0.382 e. The van der Waals surface area contributed by atoms with Crippen molar-refractivity contribution in [1.82, 2.24) is 4.90 Å². The third-order valence-electron chi connectivity index (χ3n) is 3.06. The minimum atomic E-state index is 0.00916. The molecule has 0 fully saturated rings. The molecule has 0 atom stereocenters. The Kier molecular flexibility index (Phi) is 25.6. The summed E-state index contributed by atoms with van der Waals surface area (Å²) in [5.41, 5.74) is 0. The molecule has 26 heavy (non-hydrogen) atoms. The van der Waals surface area contributed by atoms with Crippen molar-refractivity contribution in [1.29, 1.82) is 0 Å². The molecule has 0 aliphatic heterocycles. The fourth-order valence-corrected chi connectivity index (χ4v) is 1.70. The quantitative estimate of drug-likeness (QED) is 0.330. The van der Waals surface area contributed by atoms with Crippen LogP contribution in [0.5, 0.6) is 0 Å². The van der Waals surface area contributed by atoms with E-state index in [1.54, 1.807) is 26.0 Å². The van der Waals surface area contributed by atoms with Gasteiger partial charge in [-0.3, -0.25) is 4.79 Å². The van der Waals surface area contributed by atoms with Crippen molar-refractivity contribution in [3.05, 3.63) is 0 Å². The predicted molar refractivity (Wildman–Crippen MR) is 101 cm³/mol. The molecule has 0 aliphatic carbocycles. The van der Waals surface area contributed by atoms with Gasteiger partial charge < -0.3 is 33.3 Å². The van der Waals surface area contributed by atoms with Crippen LogP contribution >= 0.6 is 0 Å². The SMILES string of the molecule is CC.COCCOCCOCCN(CCOCCOCCOC)C(C)=O. The van der Waals surface area contributed by atoms with E-state index in [1.165, 1.54) is 0 Å². The molecular weight excluding hydrogens is 342 g/mol. The highest BCUT2D eigenvalue weighted by molar-refractivity contribution is 5.73. The molecule has 1 amide bonds. The van der Waals surface area contributed by atoms with E-state index in [0.717, 1.165) is 0 Å². The number of rotatable bonds is 18. The summed E-state index contributed by atoms with van der Waals surface area (Å²) in [4.78, 5) is 13.3. The minimum absolute atomic E-state index is 0.00916. The van der Waals surface area contributed by atoms with Crippen molar-refractivity contribution in [3.8, 4) is 0 Å². The molecule has 0 aromatic carbocycles.